The lowest BCUT2D eigenvalue weighted by Crippen LogP contribution is -2.46. The number of ether oxygens (including phenoxy) is 1. The second-order valence-corrected chi connectivity index (χ2v) is 7.71. The molecule has 160 valence electrons. The smallest absolute Gasteiger partial charge is 0.173 e. The molecule has 1 fully saturated rings. The lowest BCUT2D eigenvalue weighted by molar-refractivity contribution is 0.122. The third-order valence-electron chi connectivity index (χ3n) is 5.40. The van der Waals surface area contributed by atoms with Crippen LogP contribution in [0.5, 0.6) is 5.75 Å². The highest BCUT2D eigenvalue weighted by Gasteiger charge is 2.31. The molecule has 30 heavy (non-hydrogen) atoms. The third-order valence-corrected chi connectivity index (χ3v) is 5.74. The van der Waals surface area contributed by atoms with Crippen LogP contribution in [-0.4, -0.2) is 70.3 Å². The molecule has 4 rings (SSSR count). The number of hydrogen-bond donors (Lipinski definition) is 0. The molecule has 0 bridgehead atoms. The first-order valence-electron chi connectivity index (χ1n) is 9.71. The standard InChI is InChI=1S/C21H25ClN6O.ClH/c1-26-11-13-27(14-12-26)20(18-5-3-4-6-19(18)22)21-23-24-25-28(21)15-16-7-9-17(29-2)10-8-16;/h3-10,20H,11-15H2,1-2H3;1H. The van der Waals surface area contributed by atoms with Gasteiger partial charge < -0.3 is 9.64 Å². The molecule has 7 nitrogen and oxygen atoms in total. The van der Waals surface area contributed by atoms with Crippen molar-refractivity contribution in [2.45, 2.75) is 12.6 Å². The number of halogens is 2. The van der Waals surface area contributed by atoms with Crippen molar-refractivity contribution in [2.24, 2.45) is 0 Å². The largest absolute Gasteiger partial charge is 0.497 e. The van der Waals surface area contributed by atoms with Crippen LogP contribution in [-0.2, 0) is 6.54 Å². The van der Waals surface area contributed by atoms with Crippen LogP contribution in [0, 0.1) is 0 Å². The number of nitrogens with zero attached hydrogens (tertiary/aromatic N) is 6. The second kappa shape index (κ2) is 10.2. The molecule has 1 aliphatic rings. The summed E-state index contributed by atoms with van der Waals surface area (Å²) < 4.78 is 7.12. The van der Waals surface area contributed by atoms with Crippen LogP contribution in [0.4, 0.5) is 0 Å². The van der Waals surface area contributed by atoms with E-state index in [9.17, 15) is 0 Å². The molecule has 0 spiro atoms. The molecule has 0 aliphatic carbocycles. The van der Waals surface area contributed by atoms with E-state index < -0.39 is 0 Å². The minimum atomic E-state index is -0.0920. The molecule has 1 atom stereocenters. The molecule has 9 heteroatoms. The first-order valence-corrected chi connectivity index (χ1v) is 10.1. The van der Waals surface area contributed by atoms with Crippen LogP contribution in [0.25, 0.3) is 0 Å². The molecule has 1 aromatic heterocycles. The van der Waals surface area contributed by atoms with E-state index in [0.717, 1.165) is 53.9 Å². The van der Waals surface area contributed by atoms with E-state index in [1.807, 2.05) is 47.1 Å². The van der Waals surface area contributed by atoms with Gasteiger partial charge in [-0.3, -0.25) is 4.90 Å². The van der Waals surface area contributed by atoms with Gasteiger partial charge in [-0.1, -0.05) is 41.9 Å². The van der Waals surface area contributed by atoms with Gasteiger partial charge in [-0.25, -0.2) is 4.68 Å². The zero-order valence-electron chi connectivity index (χ0n) is 17.1. The first kappa shape index (κ1) is 22.5. The van der Waals surface area contributed by atoms with E-state index in [4.69, 9.17) is 16.3 Å². The number of tetrazole rings is 1. The molecule has 0 amide bonds. The summed E-state index contributed by atoms with van der Waals surface area (Å²) in [6.45, 7) is 4.45. The van der Waals surface area contributed by atoms with Gasteiger partial charge in [0.05, 0.1) is 19.7 Å². The number of piperazine rings is 1. The number of aromatic nitrogens is 4. The van der Waals surface area contributed by atoms with E-state index in [1.165, 1.54) is 0 Å². The number of likely N-dealkylation sites (N-methyl/N-ethyl adjacent to an activating group) is 1. The summed E-state index contributed by atoms with van der Waals surface area (Å²) in [6.07, 6.45) is 0. The Labute approximate surface area is 188 Å². The maximum atomic E-state index is 6.60. The molecule has 0 saturated carbocycles. The predicted octanol–water partition coefficient (Wildman–Crippen LogP) is 3.14. The molecule has 1 saturated heterocycles. The summed E-state index contributed by atoms with van der Waals surface area (Å²) in [6, 6.07) is 15.8. The minimum Gasteiger partial charge on any atom is -0.497 e. The van der Waals surface area contributed by atoms with Crippen molar-refractivity contribution in [1.82, 2.24) is 30.0 Å². The van der Waals surface area contributed by atoms with Crippen molar-refractivity contribution < 1.29 is 4.74 Å². The molecule has 2 aromatic carbocycles. The molecule has 0 radical (unpaired) electrons. The van der Waals surface area contributed by atoms with Gasteiger partial charge in [-0.15, -0.1) is 17.5 Å². The summed E-state index contributed by atoms with van der Waals surface area (Å²) in [5.74, 6) is 1.63. The highest BCUT2D eigenvalue weighted by atomic mass is 35.5. The van der Waals surface area contributed by atoms with Gasteiger partial charge in [-0.05, 0) is 46.8 Å². The summed E-state index contributed by atoms with van der Waals surface area (Å²) in [4.78, 5) is 4.75. The zero-order chi connectivity index (χ0) is 20.2. The quantitative estimate of drug-likeness (QED) is 0.577. The topological polar surface area (TPSA) is 59.3 Å². The fraction of sp³-hybridized carbons (Fsp3) is 0.381. The Bertz CT molecular complexity index is 941. The van der Waals surface area contributed by atoms with Crippen molar-refractivity contribution in [1.29, 1.82) is 0 Å². The van der Waals surface area contributed by atoms with Crippen molar-refractivity contribution in [2.75, 3.05) is 40.3 Å². The molecule has 0 N–H and O–H groups in total. The van der Waals surface area contributed by atoms with Gasteiger partial charge in [0, 0.05) is 31.2 Å². The first-order chi connectivity index (χ1) is 14.2. The molecular weight excluding hydrogens is 423 g/mol. The molecule has 2 heterocycles. The summed E-state index contributed by atoms with van der Waals surface area (Å²) in [7, 11) is 3.81. The van der Waals surface area contributed by atoms with Gasteiger partial charge in [0.25, 0.3) is 0 Å². The number of hydrogen-bond acceptors (Lipinski definition) is 6. The van der Waals surface area contributed by atoms with E-state index in [2.05, 4.69) is 38.4 Å². The Balaban J connectivity index is 0.00000256. The lowest BCUT2D eigenvalue weighted by Gasteiger charge is -2.37. The zero-order valence-corrected chi connectivity index (χ0v) is 18.7. The minimum absolute atomic E-state index is 0. The fourth-order valence-corrected chi connectivity index (χ4v) is 3.94. The molecule has 1 aliphatic heterocycles. The highest BCUT2D eigenvalue weighted by molar-refractivity contribution is 6.31. The third kappa shape index (κ3) is 4.92. The Kier molecular flexibility index (Phi) is 7.66. The van der Waals surface area contributed by atoms with Gasteiger partial charge in [0.1, 0.15) is 5.75 Å². The Hall–Kier alpha value is -2.19. The SMILES string of the molecule is COc1ccc(Cn2nnnc2C(c2ccccc2Cl)N2CCN(C)CC2)cc1.Cl. The Morgan fingerprint density at radius 2 is 1.73 bits per heavy atom. The second-order valence-electron chi connectivity index (χ2n) is 7.31. The molecule has 3 aromatic rings. The van der Waals surface area contributed by atoms with E-state index in [1.54, 1.807) is 7.11 Å². The van der Waals surface area contributed by atoms with Crippen LogP contribution >= 0.6 is 24.0 Å². The van der Waals surface area contributed by atoms with Crippen LogP contribution < -0.4 is 4.74 Å². The van der Waals surface area contributed by atoms with Gasteiger partial charge >= 0.3 is 0 Å². The van der Waals surface area contributed by atoms with Gasteiger partial charge in [-0.2, -0.15) is 0 Å². The van der Waals surface area contributed by atoms with Crippen molar-refractivity contribution in [3.05, 3.63) is 70.5 Å². The average molecular weight is 449 g/mol. The molecular formula is C21H26Cl2N6O. The lowest BCUT2D eigenvalue weighted by atomic mass is 10.0. The van der Waals surface area contributed by atoms with Crippen molar-refractivity contribution >= 4 is 24.0 Å². The molecule has 1 unspecified atom stereocenters. The van der Waals surface area contributed by atoms with Crippen LogP contribution in [0.15, 0.2) is 48.5 Å². The highest BCUT2D eigenvalue weighted by Crippen LogP contribution is 2.32. The Morgan fingerprint density at radius 3 is 2.40 bits per heavy atom. The number of benzene rings is 2. The predicted molar refractivity (Wildman–Crippen MR) is 120 cm³/mol. The van der Waals surface area contributed by atoms with E-state index in [-0.39, 0.29) is 18.4 Å². The van der Waals surface area contributed by atoms with Crippen LogP contribution in [0.3, 0.4) is 0 Å². The number of methoxy groups -OCH3 is 1. The summed E-state index contributed by atoms with van der Waals surface area (Å²) in [5, 5.41) is 13.4. The van der Waals surface area contributed by atoms with Gasteiger partial charge in [0.2, 0.25) is 0 Å². The van der Waals surface area contributed by atoms with Crippen LogP contribution in [0.2, 0.25) is 5.02 Å². The average Bonchev–Trinajstić information content (AvgIpc) is 3.19. The van der Waals surface area contributed by atoms with Crippen LogP contribution in [0.1, 0.15) is 23.0 Å². The maximum absolute atomic E-state index is 6.60. The normalized spacial score (nSPS) is 16.1. The monoisotopic (exact) mass is 448 g/mol. The fourth-order valence-electron chi connectivity index (χ4n) is 3.70. The summed E-state index contributed by atoms with van der Waals surface area (Å²) in [5.41, 5.74) is 2.14. The van der Waals surface area contributed by atoms with E-state index >= 15 is 0 Å². The summed E-state index contributed by atoms with van der Waals surface area (Å²) >= 11 is 6.60. The van der Waals surface area contributed by atoms with Crippen molar-refractivity contribution in [3.8, 4) is 5.75 Å². The van der Waals surface area contributed by atoms with E-state index in [0.29, 0.717) is 6.54 Å². The Morgan fingerprint density at radius 1 is 1.03 bits per heavy atom. The number of rotatable bonds is 6. The van der Waals surface area contributed by atoms with Crippen molar-refractivity contribution in [3.63, 3.8) is 0 Å². The maximum Gasteiger partial charge on any atom is 0.173 e. The van der Waals surface area contributed by atoms with Gasteiger partial charge in [0.15, 0.2) is 5.82 Å².